The maximum Gasteiger partial charge on any atom is 0.129 e. The summed E-state index contributed by atoms with van der Waals surface area (Å²) >= 11 is 0. The van der Waals surface area contributed by atoms with Crippen molar-refractivity contribution in [3.05, 3.63) is 11.4 Å². The van der Waals surface area contributed by atoms with Gasteiger partial charge in [0.15, 0.2) is 0 Å². The monoisotopic (exact) mass is 153 g/mol. The molecule has 0 radical (unpaired) electrons. The van der Waals surface area contributed by atoms with Crippen molar-refractivity contribution in [2.75, 3.05) is 6.54 Å². The van der Waals surface area contributed by atoms with Crippen molar-refractivity contribution in [2.24, 2.45) is 4.99 Å². The Morgan fingerprint density at radius 1 is 1.55 bits per heavy atom. The second-order valence-corrected chi connectivity index (χ2v) is 2.29. The lowest BCUT2D eigenvalue weighted by Gasteiger charge is -2.06. The summed E-state index contributed by atoms with van der Waals surface area (Å²) in [7, 11) is 0. The molecule has 0 aliphatic carbocycles. The Kier molecular flexibility index (Phi) is 4.18. The summed E-state index contributed by atoms with van der Waals surface area (Å²) in [5.74, 6) is 0.708. The average Bonchev–Trinajstić information content (AvgIpc) is 1.98. The molecule has 0 spiro atoms. The molecule has 62 valence electrons. The van der Waals surface area contributed by atoms with Crippen molar-refractivity contribution in [1.82, 2.24) is 5.32 Å². The highest BCUT2D eigenvalue weighted by Gasteiger charge is 1.99. The lowest BCUT2D eigenvalue weighted by atomic mass is 10.2. The Bertz CT molecular complexity index is 192. The van der Waals surface area contributed by atoms with Crippen LogP contribution in [0.15, 0.2) is 16.4 Å². The molecule has 0 aliphatic heterocycles. The van der Waals surface area contributed by atoms with Gasteiger partial charge >= 0.3 is 0 Å². The molecule has 0 aromatic heterocycles. The van der Waals surface area contributed by atoms with E-state index in [1.54, 1.807) is 6.92 Å². The molecule has 2 N–H and O–H groups in total. The van der Waals surface area contributed by atoms with E-state index in [4.69, 9.17) is 5.41 Å². The van der Waals surface area contributed by atoms with Gasteiger partial charge in [-0.3, -0.25) is 0 Å². The zero-order valence-electron chi connectivity index (χ0n) is 7.36. The molecule has 0 fully saturated rings. The third kappa shape index (κ3) is 2.98. The van der Waals surface area contributed by atoms with E-state index in [2.05, 4.69) is 17.0 Å². The summed E-state index contributed by atoms with van der Waals surface area (Å²) < 4.78 is 0. The van der Waals surface area contributed by atoms with Gasteiger partial charge in [-0.05, 0) is 27.5 Å². The van der Waals surface area contributed by atoms with Gasteiger partial charge in [-0.2, -0.15) is 0 Å². The van der Waals surface area contributed by atoms with E-state index >= 15 is 0 Å². The number of aliphatic imine (C=N–C) groups is 1. The number of allylic oxidation sites excluding steroid dienone is 1. The van der Waals surface area contributed by atoms with Crippen LogP contribution in [0.1, 0.15) is 20.8 Å². The van der Waals surface area contributed by atoms with E-state index in [1.807, 2.05) is 13.8 Å². The fourth-order valence-corrected chi connectivity index (χ4v) is 0.652. The quantitative estimate of drug-likeness (QED) is 0.592. The molecule has 0 bridgehead atoms. The summed E-state index contributed by atoms with van der Waals surface area (Å²) in [5.41, 5.74) is 1.37. The minimum atomic E-state index is 0.522. The average molecular weight is 153 g/mol. The molecule has 3 heteroatoms. The van der Waals surface area contributed by atoms with Crippen LogP contribution in [0, 0.1) is 5.41 Å². The second kappa shape index (κ2) is 4.66. The highest BCUT2D eigenvalue weighted by molar-refractivity contribution is 5.95. The SMILES string of the molecule is C=N/C(NCC)=C(/C)C(C)=N. The lowest BCUT2D eigenvalue weighted by molar-refractivity contribution is 0.834. The lowest BCUT2D eigenvalue weighted by Crippen LogP contribution is -2.14. The Hall–Kier alpha value is -1.12. The Morgan fingerprint density at radius 3 is 2.36 bits per heavy atom. The maximum absolute atomic E-state index is 7.33. The Morgan fingerprint density at radius 2 is 2.09 bits per heavy atom. The van der Waals surface area contributed by atoms with Gasteiger partial charge in [0.1, 0.15) is 5.82 Å². The molecule has 0 amide bonds. The number of rotatable bonds is 4. The Labute approximate surface area is 67.7 Å². The van der Waals surface area contributed by atoms with Crippen LogP contribution in [0.5, 0.6) is 0 Å². The first-order valence-electron chi connectivity index (χ1n) is 3.60. The van der Waals surface area contributed by atoms with Crippen LogP contribution in [-0.4, -0.2) is 19.0 Å². The van der Waals surface area contributed by atoms with Crippen LogP contribution >= 0.6 is 0 Å². The van der Waals surface area contributed by atoms with Crippen molar-refractivity contribution in [3.8, 4) is 0 Å². The minimum Gasteiger partial charge on any atom is -0.370 e. The van der Waals surface area contributed by atoms with Gasteiger partial charge in [0, 0.05) is 17.8 Å². The summed E-state index contributed by atoms with van der Waals surface area (Å²) in [4.78, 5) is 3.78. The summed E-state index contributed by atoms with van der Waals surface area (Å²) in [6.07, 6.45) is 0. The van der Waals surface area contributed by atoms with E-state index in [9.17, 15) is 0 Å². The fourth-order valence-electron chi connectivity index (χ4n) is 0.652. The standard InChI is InChI=1S/C8H15N3/c1-5-11-8(10-4)6(2)7(3)9/h9,11H,4-5H2,1-3H3/b8-6+,9-7?. The molecule has 0 saturated heterocycles. The van der Waals surface area contributed by atoms with Gasteiger partial charge in [-0.1, -0.05) is 0 Å². The van der Waals surface area contributed by atoms with Crippen molar-refractivity contribution < 1.29 is 0 Å². The van der Waals surface area contributed by atoms with Crippen LogP contribution < -0.4 is 5.32 Å². The number of nitrogens with zero attached hydrogens (tertiary/aromatic N) is 1. The predicted octanol–water partition coefficient (Wildman–Crippen LogP) is 1.57. The molecular formula is C8H15N3. The zero-order valence-corrected chi connectivity index (χ0v) is 7.36. The van der Waals surface area contributed by atoms with E-state index in [0.717, 1.165) is 12.1 Å². The first kappa shape index (κ1) is 9.88. The van der Waals surface area contributed by atoms with Crippen molar-refractivity contribution in [1.29, 1.82) is 5.41 Å². The highest BCUT2D eigenvalue weighted by Crippen LogP contribution is 2.02. The molecule has 11 heavy (non-hydrogen) atoms. The highest BCUT2D eigenvalue weighted by atomic mass is 15.0. The summed E-state index contributed by atoms with van der Waals surface area (Å²) in [6.45, 7) is 9.79. The van der Waals surface area contributed by atoms with Crippen molar-refractivity contribution in [2.45, 2.75) is 20.8 Å². The van der Waals surface area contributed by atoms with Gasteiger partial charge < -0.3 is 10.7 Å². The smallest absolute Gasteiger partial charge is 0.129 e. The first-order valence-corrected chi connectivity index (χ1v) is 3.60. The molecule has 0 aliphatic rings. The topological polar surface area (TPSA) is 48.2 Å². The number of hydrogen-bond acceptors (Lipinski definition) is 3. The van der Waals surface area contributed by atoms with Gasteiger partial charge in [0.25, 0.3) is 0 Å². The van der Waals surface area contributed by atoms with Crippen LogP contribution in [0.25, 0.3) is 0 Å². The summed E-state index contributed by atoms with van der Waals surface area (Å²) in [5, 5.41) is 10.3. The largest absolute Gasteiger partial charge is 0.370 e. The Balaban J connectivity index is 4.53. The second-order valence-electron chi connectivity index (χ2n) is 2.29. The molecule has 0 rings (SSSR count). The van der Waals surface area contributed by atoms with E-state index < -0.39 is 0 Å². The maximum atomic E-state index is 7.33. The van der Waals surface area contributed by atoms with E-state index in [1.165, 1.54) is 0 Å². The number of hydrogen-bond donors (Lipinski definition) is 2. The van der Waals surface area contributed by atoms with Crippen molar-refractivity contribution >= 4 is 12.4 Å². The van der Waals surface area contributed by atoms with Gasteiger partial charge in [0.2, 0.25) is 0 Å². The van der Waals surface area contributed by atoms with Crippen LogP contribution in [0.4, 0.5) is 0 Å². The molecule has 0 aromatic rings. The van der Waals surface area contributed by atoms with E-state index in [-0.39, 0.29) is 0 Å². The first-order chi connectivity index (χ1) is 5.13. The summed E-state index contributed by atoms with van der Waals surface area (Å²) in [6, 6.07) is 0. The molecule has 0 atom stereocenters. The molecule has 0 heterocycles. The van der Waals surface area contributed by atoms with E-state index in [0.29, 0.717) is 11.5 Å². The molecule has 0 unspecified atom stereocenters. The minimum absolute atomic E-state index is 0.522. The molecule has 0 aromatic carbocycles. The van der Waals surface area contributed by atoms with Gasteiger partial charge in [-0.15, -0.1) is 0 Å². The van der Waals surface area contributed by atoms with Gasteiger partial charge in [0.05, 0.1) is 0 Å². The third-order valence-electron chi connectivity index (χ3n) is 1.42. The third-order valence-corrected chi connectivity index (χ3v) is 1.42. The van der Waals surface area contributed by atoms with Crippen LogP contribution in [-0.2, 0) is 0 Å². The molecule has 0 saturated carbocycles. The van der Waals surface area contributed by atoms with Crippen LogP contribution in [0.2, 0.25) is 0 Å². The fraction of sp³-hybridized carbons (Fsp3) is 0.500. The zero-order chi connectivity index (χ0) is 8.85. The van der Waals surface area contributed by atoms with Crippen LogP contribution in [0.3, 0.4) is 0 Å². The molecular weight excluding hydrogens is 138 g/mol. The molecule has 3 nitrogen and oxygen atoms in total. The number of nitrogens with one attached hydrogen (secondary N) is 2. The predicted molar refractivity (Wildman–Crippen MR) is 49.3 cm³/mol. The normalized spacial score (nSPS) is 11.9. The van der Waals surface area contributed by atoms with Crippen molar-refractivity contribution in [3.63, 3.8) is 0 Å². The van der Waals surface area contributed by atoms with Gasteiger partial charge in [-0.25, -0.2) is 4.99 Å².